The molecule has 104 valence electrons. The Morgan fingerprint density at radius 3 is 2.65 bits per heavy atom. The van der Waals surface area contributed by atoms with Crippen LogP contribution >= 0.6 is 0 Å². The highest BCUT2D eigenvalue weighted by Crippen LogP contribution is 2.15. The summed E-state index contributed by atoms with van der Waals surface area (Å²) in [6.07, 6.45) is 0.229. The van der Waals surface area contributed by atoms with Crippen molar-refractivity contribution in [3.8, 4) is 12.1 Å². The third kappa shape index (κ3) is 3.04. The first kappa shape index (κ1) is 13.8. The van der Waals surface area contributed by atoms with Crippen LogP contribution in [-0.4, -0.2) is 30.7 Å². The van der Waals surface area contributed by atoms with Gasteiger partial charge in [0.25, 0.3) is 10.0 Å². The van der Waals surface area contributed by atoms with Crippen LogP contribution in [0.3, 0.4) is 0 Å². The molecular weight excluding hydrogens is 282 g/mol. The van der Waals surface area contributed by atoms with E-state index in [2.05, 4.69) is 19.9 Å². The molecule has 0 bridgehead atoms. The fraction of sp³-hybridized carbons (Fsp3) is 0.182. The van der Waals surface area contributed by atoms with Gasteiger partial charge in [-0.3, -0.25) is 0 Å². The number of benzene rings is 1. The Hall–Kier alpha value is -2.60. The van der Waals surface area contributed by atoms with Crippen molar-refractivity contribution < 1.29 is 13.2 Å². The normalized spacial score (nSPS) is 10.8. The van der Waals surface area contributed by atoms with Crippen LogP contribution in [0.1, 0.15) is 5.56 Å². The lowest BCUT2D eigenvalue weighted by Gasteiger charge is -2.05. The Balaban J connectivity index is 2.19. The number of rotatable bonds is 5. The SMILES string of the molecule is COc1n[nH]c(NS(=O)(=O)c2ccc(CC#N)cc2)n1. The average molecular weight is 293 g/mol. The molecule has 0 radical (unpaired) electrons. The molecule has 9 heteroatoms. The Morgan fingerprint density at radius 2 is 2.10 bits per heavy atom. The van der Waals surface area contributed by atoms with E-state index in [1.54, 1.807) is 12.1 Å². The van der Waals surface area contributed by atoms with E-state index in [4.69, 9.17) is 10.00 Å². The zero-order chi connectivity index (χ0) is 14.6. The maximum Gasteiger partial charge on any atom is 0.336 e. The molecule has 0 fully saturated rings. The topological polar surface area (TPSA) is 121 Å². The summed E-state index contributed by atoms with van der Waals surface area (Å²) in [6.45, 7) is 0. The highest BCUT2D eigenvalue weighted by molar-refractivity contribution is 7.92. The van der Waals surface area contributed by atoms with Crippen molar-refractivity contribution in [1.29, 1.82) is 5.26 Å². The first-order valence-corrected chi connectivity index (χ1v) is 6.98. The fourth-order valence-corrected chi connectivity index (χ4v) is 2.41. The van der Waals surface area contributed by atoms with Crippen LogP contribution in [0.2, 0.25) is 0 Å². The molecule has 0 amide bonds. The minimum atomic E-state index is -3.76. The predicted octanol–water partition coefficient (Wildman–Crippen LogP) is 0.680. The van der Waals surface area contributed by atoms with Gasteiger partial charge in [-0.1, -0.05) is 12.1 Å². The van der Waals surface area contributed by atoms with Gasteiger partial charge in [0.05, 0.1) is 24.5 Å². The summed E-state index contributed by atoms with van der Waals surface area (Å²) in [7, 11) is -2.39. The molecule has 0 atom stereocenters. The number of nitriles is 1. The van der Waals surface area contributed by atoms with E-state index in [9.17, 15) is 8.42 Å². The quantitative estimate of drug-likeness (QED) is 0.836. The van der Waals surface area contributed by atoms with Gasteiger partial charge in [-0.05, 0) is 17.7 Å². The van der Waals surface area contributed by atoms with Gasteiger partial charge in [-0.25, -0.2) is 18.2 Å². The van der Waals surface area contributed by atoms with Crippen LogP contribution in [0.4, 0.5) is 5.95 Å². The maximum atomic E-state index is 12.1. The van der Waals surface area contributed by atoms with Crippen LogP contribution in [0.25, 0.3) is 0 Å². The van der Waals surface area contributed by atoms with E-state index in [0.29, 0.717) is 0 Å². The number of aromatic amines is 1. The van der Waals surface area contributed by atoms with Crippen molar-refractivity contribution in [1.82, 2.24) is 15.2 Å². The summed E-state index contributed by atoms with van der Waals surface area (Å²) >= 11 is 0. The van der Waals surface area contributed by atoms with E-state index < -0.39 is 10.0 Å². The van der Waals surface area contributed by atoms with Crippen LogP contribution < -0.4 is 9.46 Å². The first-order chi connectivity index (χ1) is 9.55. The summed E-state index contributed by atoms with van der Waals surface area (Å²) in [5.74, 6) is -0.0389. The van der Waals surface area contributed by atoms with Crippen LogP contribution in [0.15, 0.2) is 29.2 Å². The van der Waals surface area contributed by atoms with Gasteiger partial charge < -0.3 is 4.74 Å². The van der Waals surface area contributed by atoms with Crippen molar-refractivity contribution >= 4 is 16.0 Å². The standard InChI is InChI=1S/C11H11N5O3S/c1-19-11-13-10(14-15-11)16-20(17,18)9-4-2-8(3-5-9)6-7-12/h2-5H,6H2,1H3,(H2,13,14,15,16). The molecule has 2 rings (SSSR count). The van der Waals surface area contributed by atoms with Gasteiger partial charge in [0.1, 0.15) is 0 Å². The highest BCUT2D eigenvalue weighted by atomic mass is 32.2. The molecule has 1 heterocycles. The zero-order valence-corrected chi connectivity index (χ0v) is 11.3. The number of sulfonamides is 1. The molecule has 0 saturated carbocycles. The van der Waals surface area contributed by atoms with Gasteiger partial charge in [0.2, 0.25) is 5.95 Å². The molecule has 0 aliphatic carbocycles. The molecule has 8 nitrogen and oxygen atoms in total. The van der Waals surface area contributed by atoms with Crippen LogP contribution in [0, 0.1) is 11.3 Å². The van der Waals surface area contributed by atoms with E-state index in [1.165, 1.54) is 19.2 Å². The summed E-state index contributed by atoms with van der Waals surface area (Å²) in [5.41, 5.74) is 0.743. The molecule has 20 heavy (non-hydrogen) atoms. The number of hydrogen-bond acceptors (Lipinski definition) is 6. The summed E-state index contributed by atoms with van der Waals surface area (Å²) < 4.78 is 31.1. The molecule has 1 aromatic carbocycles. The third-order valence-electron chi connectivity index (χ3n) is 2.40. The number of aromatic nitrogens is 3. The van der Waals surface area contributed by atoms with Gasteiger partial charge in [-0.2, -0.15) is 10.2 Å². The van der Waals surface area contributed by atoms with Crippen molar-refractivity contribution in [3.05, 3.63) is 29.8 Å². The lowest BCUT2D eigenvalue weighted by molar-refractivity contribution is 0.382. The van der Waals surface area contributed by atoms with Gasteiger partial charge in [-0.15, -0.1) is 5.10 Å². The third-order valence-corrected chi connectivity index (χ3v) is 3.75. The maximum absolute atomic E-state index is 12.1. The Labute approximate surface area is 115 Å². The molecule has 0 saturated heterocycles. The fourth-order valence-electron chi connectivity index (χ4n) is 1.45. The first-order valence-electron chi connectivity index (χ1n) is 5.50. The number of H-pyrrole nitrogens is 1. The van der Waals surface area contributed by atoms with Gasteiger partial charge in [0, 0.05) is 0 Å². The second-order valence-corrected chi connectivity index (χ2v) is 5.44. The predicted molar refractivity (Wildman–Crippen MR) is 69.5 cm³/mol. The highest BCUT2D eigenvalue weighted by Gasteiger charge is 2.16. The summed E-state index contributed by atoms with van der Waals surface area (Å²) in [5, 5.41) is 14.6. The number of nitrogens with one attached hydrogen (secondary N) is 2. The average Bonchev–Trinajstić information content (AvgIpc) is 2.87. The minimum absolute atomic E-state index is 0.0343. The summed E-state index contributed by atoms with van der Waals surface area (Å²) in [4.78, 5) is 3.83. The van der Waals surface area contributed by atoms with Gasteiger partial charge in [0.15, 0.2) is 0 Å². The molecule has 0 aliphatic rings. The Kier molecular flexibility index (Phi) is 3.86. The van der Waals surface area contributed by atoms with Crippen LogP contribution in [0.5, 0.6) is 6.01 Å². The number of methoxy groups -OCH3 is 1. The number of hydrogen-bond donors (Lipinski definition) is 2. The van der Waals surface area contributed by atoms with Crippen molar-refractivity contribution in [3.63, 3.8) is 0 Å². The molecule has 1 aromatic heterocycles. The van der Waals surface area contributed by atoms with Crippen LogP contribution in [-0.2, 0) is 16.4 Å². The van der Waals surface area contributed by atoms with Crippen molar-refractivity contribution in [2.24, 2.45) is 0 Å². The lowest BCUT2D eigenvalue weighted by atomic mass is 10.2. The zero-order valence-electron chi connectivity index (χ0n) is 10.5. The smallest absolute Gasteiger partial charge is 0.336 e. The largest absolute Gasteiger partial charge is 0.466 e. The van der Waals surface area contributed by atoms with E-state index in [-0.39, 0.29) is 23.3 Å². The Morgan fingerprint density at radius 1 is 1.40 bits per heavy atom. The molecular formula is C11H11N5O3S. The second-order valence-electron chi connectivity index (χ2n) is 3.76. The molecule has 0 spiro atoms. The molecule has 2 N–H and O–H groups in total. The number of ether oxygens (including phenoxy) is 1. The molecule has 2 aromatic rings. The second kappa shape index (κ2) is 5.58. The van der Waals surface area contributed by atoms with Crippen molar-refractivity contribution in [2.45, 2.75) is 11.3 Å². The van der Waals surface area contributed by atoms with E-state index in [0.717, 1.165) is 5.56 Å². The number of anilines is 1. The monoisotopic (exact) mass is 293 g/mol. The lowest BCUT2D eigenvalue weighted by Crippen LogP contribution is -2.14. The summed E-state index contributed by atoms with van der Waals surface area (Å²) in [6, 6.07) is 8.03. The van der Waals surface area contributed by atoms with E-state index >= 15 is 0 Å². The minimum Gasteiger partial charge on any atom is -0.466 e. The molecule has 0 aliphatic heterocycles. The van der Waals surface area contributed by atoms with Crippen molar-refractivity contribution in [2.75, 3.05) is 11.8 Å². The van der Waals surface area contributed by atoms with E-state index in [1.807, 2.05) is 6.07 Å². The Bertz CT molecular complexity index is 730. The van der Waals surface area contributed by atoms with Gasteiger partial charge >= 0.3 is 6.01 Å². The molecule has 0 unspecified atom stereocenters. The number of nitrogens with zero attached hydrogens (tertiary/aromatic N) is 3.